The lowest BCUT2D eigenvalue weighted by Gasteiger charge is -2.36. The van der Waals surface area contributed by atoms with Gasteiger partial charge in [-0.25, -0.2) is 0 Å². The van der Waals surface area contributed by atoms with Crippen molar-refractivity contribution in [3.8, 4) is 0 Å². The number of carbonyl (C=O) groups excluding carboxylic acids is 1. The molecule has 1 saturated heterocycles. The third-order valence-corrected chi connectivity index (χ3v) is 3.29. The molecule has 0 aromatic heterocycles. The predicted octanol–water partition coefficient (Wildman–Crippen LogP) is 0.591. The molecule has 0 bridgehead atoms. The van der Waals surface area contributed by atoms with Gasteiger partial charge in [-0.05, 0) is 24.2 Å². The molecule has 16 heavy (non-hydrogen) atoms. The number of likely N-dealkylation sites (tertiary alicyclic amines) is 1. The average molecular weight is 228 g/mol. The van der Waals surface area contributed by atoms with E-state index in [1.54, 1.807) is 4.90 Å². The minimum atomic E-state index is -0.454. The van der Waals surface area contributed by atoms with Crippen molar-refractivity contribution in [2.75, 3.05) is 19.7 Å². The maximum atomic E-state index is 12.1. The number of rotatable bonds is 2. The van der Waals surface area contributed by atoms with Gasteiger partial charge >= 0.3 is 0 Å². The Morgan fingerprint density at radius 1 is 1.56 bits per heavy atom. The lowest BCUT2D eigenvalue weighted by molar-refractivity contribution is -0.137. The van der Waals surface area contributed by atoms with Crippen molar-refractivity contribution >= 4 is 5.91 Å². The van der Waals surface area contributed by atoms with Gasteiger partial charge in [0.15, 0.2) is 0 Å². The molecule has 1 fully saturated rings. The molecule has 1 heterocycles. The fourth-order valence-electron chi connectivity index (χ4n) is 1.98. The highest BCUT2D eigenvalue weighted by atomic mass is 16.3. The number of hydrogen-bond acceptors (Lipinski definition) is 3. The minimum absolute atomic E-state index is 0.0191. The normalized spacial score (nSPS) is 24.3. The molecule has 3 N–H and O–H groups in total. The fourth-order valence-corrected chi connectivity index (χ4v) is 1.98. The molecule has 4 nitrogen and oxygen atoms in total. The summed E-state index contributed by atoms with van der Waals surface area (Å²) in [5, 5.41) is 9.12. The zero-order valence-electron chi connectivity index (χ0n) is 10.6. The van der Waals surface area contributed by atoms with Gasteiger partial charge < -0.3 is 15.7 Å². The first kappa shape index (κ1) is 13.5. The third-order valence-electron chi connectivity index (χ3n) is 3.29. The number of aliphatic hydroxyl groups excluding tert-OH is 1. The highest BCUT2D eigenvalue weighted by Crippen LogP contribution is 2.22. The molecule has 0 aromatic carbocycles. The molecule has 0 aromatic rings. The molecule has 0 spiro atoms. The fraction of sp³-hybridized carbons (Fsp3) is 0.917. The molecule has 0 aliphatic carbocycles. The van der Waals surface area contributed by atoms with Crippen LogP contribution < -0.4 is 5.73 Å². The molecule has 0 radical (unpaired) electrons. The van der Waals surface area contributed by atoms with Crippen molar-refractivity contribution in [1.82, 2.24) is 4.90 Å². The molecule has 4 heteroatoms. The predicted molar refractivity (Wildman–Crippen MR) is 63.8 cm³/mol. The van der Waals surface area contributed by atoms with Crippen LogP contribution in [0.5, 0.6) is 0 Å². The summed E-state index contributed by atoms with van der Waals surface area (Å²) in [7, 11) is 0. The Kier molecular flexibility index (Phi) is 4.33. The number of hydrogen-bond donors (Lipinski definition) is 2. The highest BCUT2D eigenvalue weighted by Gasteiger charge is 2.33. The Morgan fingerprint density at radius 2 is 2.19 bits per heavy atom. The van der Waals surface area contributed by atoms with Crippen LogP contribution in [0.1, 0.15) is 33.6 Å². The summed E-state index contributed by atoms with van der Waals surface area (Å²) in [6.07, 6.45) is 1.97. The van der Waals surface area contributed by atoms with Crippen molar-refractivity contribution in [1.29, 1.82) is 0 Å². The Labute approximate surface area is 97.8 Å². The highest BCUT2D eigenvalue weighted by molar-refractivity contribution is 5.82. The van der Waals surface area contributed by atoms with Crippen molar-refractivity contribution < 1.29 is 9.90 Å². The van der Waals surface area contributed by atoms with Crippen molar-refractivity contribution in [3.05, 3.63) is 0 Å². The summed E-state index contributed by atoms with van der Waals surface area (Å²) in [5.41, 5.74) is 5.75. The van der Waals surface area contributed by atoms with E-state index in [0.29, 0.717) is 6.54 Å². The maximum Gasteiger partial charge on any atom is 0.240 e. The van der Waals surface area contributed by atoms with Crippen LogP contribution in [0.2, 0.25) is 0 Å². The van der Waals surface area contributed by atoms with Crippen LogP contribution >= 0.6 is 0 Å². The molecule has 0 saturated carbocycles. The van der Waals surface area contributed by atoms with Crippen LogP contribution in [0, 0.1) is 11.3 Å². The monoisotopic (exact) mass is 228 g/mol. The van der Waals surface area contributed by atoms with E-state index in [1.165, 1.54) is 0 Å². The molecule has 1 aliphatic rings. The first-order chi connectivity index (χ1) is 7.36. The average Bonchev–Trinajstić information content (AvgIpc) is 2.26. The second-order valence-electron chi connectivity index (χ2n) is 5.82. The number of aliphatic hydroxyl groups is 1. The third kappa shape index (κ3) is 3.19. The summed E-state index contributed by atoms with van der Waals surface area (Å²) in [6, 6.07) is -0.454. The molecule has 1 amide bonds. The molecule has 1 rings (SSSR count). The quantitative estimate of drug-likeness (QED) is 0.727. The van der Waals surface area contributed by atoms with E-state index in [9.17, 15) is 4.79 Å². The number of nitrogens with two attached hydrogens (primary N) is 1. The summed E-state index contributed by atoms with van der Waals surface area (Å²) < 4.78 is 0. The molecular formula is C12H24N2O2. The lowest BCUT2D eigenvalue weighted by atomic mass is 9.86. The molecule has 1 unspecified atom stereocenters. The van der Waals surface area contributed by atoms with Crippen molar-refractivity contribution in [2.24, 2.45) is 17.1 Å². The number of piperidine rings is 1. The number of carbonyl (C=O) groups is 1. The van der Waals surface area contributed by atoms with Gasteiger partial charge in [0.1, 0.15) is 0 Å². The van der Waals surface area contributed by atoms with Gasteiger partial charge in [0, 0.05) is 19.7 Å². The Balaban J connectivity index is 2.60. The standard InChI is InChI=1S/C12H24N2O2/c1-12(2,3)10(13)11(16)14-6-4-5-9(7-14)8-15/h9-10,15H,4-8,13H2,1-3H3/t9?,10-/m1/s1. The first-order valence-corrected chi connectivity index (χ1v) is 6.01. The van der Waals surface area contributed by atoms with Gasteiger partial charge in [0.05, 0.1) is 6.04 Å². The Bertz CT molecular complexity index is 248. The van der Waals surface area contributed by atoms with Gasteiger partial charge in [-0.1, -0.05) is 20.8 Å². The van der Waals surface area contributed by atoms with Gasteiger partial charge in [-0.15, -0.1) is 0 Å². The van der Waals surface area contributed by atoms with Crippen LogP contribution in [0.15, 0.2) is 0 Å². The van der Waals surface area contributed by atoms with E-state index in [-0.39, 0.29) is 23.8 Å². The zero-order valence-corrected chi connectivity index (χ0v) is 10.6. The van der Waals surface area contributed by atoms with E-state index >= 15 is 0 Å². The summed E-state index contributed by atoms with van der Waals surface area (Å²) in [6.45, 7) is 7.52. The van der Waals surface area contributed by atoms with Crippen molar-refractivity contribution in [2.45, 2.75) is 39.7 Å². The Hall–Kier alpha value is -0.610. The van der Waals surface area contributed by atoms with E-state index in [1.807, 2.05) is 20.8 Å². The molecule has 94 valence electrons. The van der Waals surface area contributed by atoms with Gasteiger partial charge in [-0.2, -0.15) is 0 Å². The molecule has 1 aliphatic heterocycles. The SMILES string of the molecule is CC(C)(C)[C@H](N)C(=O)N1CCCC(CO)C1. The summed E-state index contributed by atoms with van der Waals surface area (Å²) >= 11 is 0. The van der Waals surface area contributed by atoms with Gasteiger partial charge in [0.25, 0.3) is 0 Å². The second-order valence-corrected chi connectivity index (χ2v) is 5.82. The molecule has 2 atom stereocenters. The number of nitrogens with zero attached hydrogens (tertiary/aromatic N) is 1. The smallest absolute Gasteiger partial charge is 0.240 e. The zero-order chi connectivity index (χ0) is 12.3. The van der Waals surface area contributed by atoms with E-state index in [0.717, 1.165) is 19.4 Å². The largest absolute Gasteiger partial charge is 0.396 e. The minimum Gasteiger partial charge on any atom is -0.396 e. The summed E-state index contributed by atoms with van der Waals surface area (Å²) in [5.74, 6) is 0.246. The van der Waals surface area contributed by atoms with Crippen LogP contribution in [0.4, 0.5) is 0 Å². The van der Waals surface area contributed by atoms with Crippen LogP contribution in [-0.4, -0.2) is 41.7 Å². The van der Waals surface area contributed by atoms with Crippen LogP contribution in [0.25, 0.3) is 0 Å². The van der Waals surface area contributed by atoms with Gasteiger partial charge in [-0.3, -0.25) is 4.79 Å². The van der Waals surface area contributed by atoms with Gasteiger partial charge in [0.2, 0.25) is 5.91 Å². The Morgan fingerprint density at radius 3 is 2.69 bits per heavy atom. The van der Waals surface area contributed by atoms with E-state index in [4.69, 9.17) is 10.8 Å². The lowest BCUT2D eigenvalue weighted by Crippen LogP contribution is -2.53. The van der Waals surface area contributed by atoms with Crippen LogP contribution in [-0.2, 0) is 4.79 Å². The van der Waals surface area contributed by atoms with Crippen molar-refractivity contribution in [3.63, 3.8) is 0 Å². The topological polar surface area (TPSA) is 66.6 Å². The van der Waals surface area contributed by atoms with E-state index < -0.39 is 6.04 Å². The van der Waals surface area contributed by atoms with E-state index in [2.05, 4.69) is 0 Å². The first-order valence-electron chi connectivity index (χ1n) is 6.01. The second kappa shape index (κ2) is 5.15. The maximum absolute atomic E-state index is 12.1. The molecular weight excluding hydrogens is 204 g/mol. The van der Waals surface area contributed by atoms with Crippen LogP contribution in [0.3, 0.4) is 0 Å². The summed E-state index contributed by atoms with van der Waals surface area (Å²) in [4.78, 5) is 13.9. The number of amides is 1.